The number of pyridine rings is 1. The normalized spacial score (nSPS) is 11.0. The zero-order valence-electron chi connectivity index (χ0n) is 12.9. The van der Waals surface area contributed by atoms with Gasteiger partial charge in [0, 0.05) is 6.54 Å². The zero-order valence-corrected chi connectivity index (χ0v) is 12.9. The van der Waals surface area contributed by atoms with Gasteiger partial charge in [0.15, 0.2) is 5.65 Å². The summed E-state index contributed by atoms with van der Waals surface area (Å²) < 4.78 is 2.72. The molecule has 118 valence electrons. The molecule has 0 amide bonds. The van der Waals surface area contributed by atoms with Gasteiger partial charge in [0.05, 0.1) is 11.1 Å². The molecule has 0 aliphatic carbocycles. The van der Waals surface area contributed by atoms with E-state index in [4.69, 9.17) is 5.73 Å². The smallest absolute Gasteiger partial charge is 0.337 e. The van der Waals surface area contributed by atoms with Crippen LogP contribution in [0.1, 0.15) is 19.8 Å². The largest absolute Gasteiger partial charge is 0.384 e. The van der Waals surface area contributed by atoms with Crippen LogP contribution in [0.15, 0.2) is 52.1 Å². The summed E-state index contributed by atoms with van der Waals surface area (Å²) in [5, 5.41) is 0.388. The molecule has 3 aromatic rings. The van der Waals surface area contributed by atoms with Crippen LogP contribution in [0.2, 0.25) is 0 Å². The van der Waals surface area contributed by atoms with E-state index in [2.05, 4.69) is 4.98 Å². The number of nitrogens with two attached hydrogens (primary N) is 1. The summed E-state index contributed by atoms with van der Waals surface area (Å²) in [6.07, 6.45) is 1.66. The number of para-hydroxylation sites is 1. The van der Waals surface area contributed by atoms with Crippen LogP contribution >= 0.6 is 0 Å². The monoisotopic (exact) mass is 310 g/mol. The molecule has 0 saturated heterocycles. The maximum Gasteiger partial charge on any atom is 0.337 e. The van der Waals surface area contributed by atoms with Gasteiger partial charge in [-0.15, -0.1) is 0 Å². The van der Waals surface area contributed by atoms with Crippen molar-refractivity contribution in [2.45, 2.75) is 26.3 Å². The molecular weight excluding hydrogens is 292 g/mol. The summed E-state index contributed by atoms with van der Waals surface area (Å²) in [6.45, 7) is 2.41. The van der Waals surface area contributed by atoms with Crippen LogP contribution in [0.4, 0.5) is 5.82 Å². The Morgan fingerprint density at radius 3 is 2.52 bits per heavy atom. The summed E-state index contributed by atoms with van der Waals surface area (Å²) in [5.74, 6) is 0.271. The molecule has 0 aliphatic rings. The molecule has 0 unspecified atom stereocenters. The summed E-state index contributed by atoms with van der Waals surface area (Å²) in [6, 6.07) is 12.4. The first-order chi connectivity index (χ1) is 11.1. The summed E-state index contributed by atoms with van der Waals surface area (Å²) in [5.41, 5.74) is 5.99. The number of fused-ring (bicyclic) bond motifs is 1. The lowest BCUT2D eigenvalue weighted by atomic mass is 10.2. The molecule has 0 saturated carbocycles. The minimum absolute atomic E-state index is 0.271. The van der Waals surface area contributed by atoms with Crippen LogP contribution in [0.25, 0.3) is 16.7 Å². The maximum absolute atomic E-state index is 12.9. The Hall–Kier alpha value is -2.89. The fourth-order valence-electron chi connectivity index (χ4n) is 2.57. The van der Waals surface area contributed by atoms with Gasteiger partial charge in [0.1, 0.15) is 5.82 Å². The first kappa shape index (κ1) is 15.0. The highest BCUT2D eigenvalue weighted by Crippen LogP contribution is 2.13. The fraction of sp³-hybridized carbons (Fsp3) is 0.235. The second kappa shape index (κ2) is 6.08. The van der Waals surface area contributed by atoms with E-state index in [1.54, 1.807) is 24.3 Å². The molecule has 0 aliphatic heterocycles. The highest BCUT2D eigenvalue weighted by atomic mass is 16.2. The highest BCUT2D eigenvalue weighted by molar-refractivity contribution is 5.77. The van der Waals surface area contributed by atoms with Crippen molar-refractivity contribution >= 4 is 16.9 Å². The Labute approximate surface area is 132 Å². The third-order valence-electron chi connectivity index (χ3n) is 3.76. The van der Waals surface area contributed by atoms with Gasteiger partial charge in [-0.25, -0.2) is 14.3 Å². The average molecular weight is 310 g/mol. The molecule has 6 heteroatoms. The number of rotatable bonds is 4. The van der Waals surface area contributed by atoms with Gasteiger partial charge >= 0.3 is 5.69 Å². The van der Waals surface area contributed by atoms with Crippen LogP contribution in [0.3, 0.4) is 0 Å². The zero-order chi connectivity index (χ0) is 16.4. The third-order valence-corrected chi connectivity index (χ3v) is 3.76. The Bertz CT molecular complexity index is 958. The predicted octanol–water partition coefficient (Wildman–Crippen LogP) is 1.93. The minimum atomic E-state index is -0.389. The van der Waals surface area contributed by atoms with Crippen LogP contribution in [-0.4, -0.2) is 14.1 Å². The maximum atomic E-state index is 12.9. The van der Waals surface area contributed by atoms with Crippen LogP contribution < -0.4 is 17.0 Å². The molecule has 2 aromatic heterocycles. The van der Waals surface area contributed by atoms with Crippen molar-refractivity contribution in [1.82, 2.24) is 14.1 Å². The molecule has 2 heterocycles. The fourth-order valence-corrected chi connectivity index (χ4v) is 2.57. The number of anilines is 1. The topological polar surface area (TPSA) is 82.9 Å². The van der Waals surface area contributed by atoms with Crippen molar-refractivity contribution in [3.63, 3.8) is 0 Å². The van der Waals surface area contributed by atoms with Crippen LogP contribution in [0, 0.1) is 0 Å². The molecule has 0 spiro atoms. The number of benzene rings is 1. The van der Waals surface area contributed by atoms with Crippen molar-refractivity contribution in [3.8, 4) is 5.69 Å². The Morgan fingerprint density at radius 2 is 1.83 bits per heavy atom. The van der Waals surface area contributed by atoms with E-state index in [1.807, 2.05) is 25.1 Å². The quantitative estimate of drug-likeness (QED) is 0.798. The summed E-state index contributed by atoms with van der Waals surface area (Å²) in [4.78, 5) is 29.7. The number of hydrogen-bond acceptors (Lipinski definition) is 4. The van der Waals surface area contributed by atoms with E-state index in [9.17, 15) is 9.59 Å². The number of unbranched alkanes of at least 4 members (excludes halogenated alkanes) is 1. The Morgan fingerprint density at radius 1 is 1.09 bits per heavy atom. The van der Waals surface area contributed by atoms with Crippen molar-refractivity contribution in [2.24, 2.45) is 0 Å². The highest BCUT2D eigenvalue weighted by Gasteiger charge is 2.15. The van der Waals surface area contributed by atoms with Gasteiger partial charge in [-0.1, -0.05) is 31.5 Å². The first-order valence-electron chi connectivity index (χ1n) is 7.61. The van der Waals surface area contributed by atoms with E-state index in [0.717, 1.165) is 12.8 Å². The first-order valence-corrected chi connectivity index (χ1v) is 7.61. The molecule has 3 rings (SSSR count). The summed E-state index contributed by atoms with van der Waals surface area (Å²) in [7, 11) is 0. The molecule has 1 aromatic carbocycles. The van der Waals surface area contributed by atoms with Crippen molar-refractivity contribution < 1.29 is 0 Å². The number of nitrogen functional groups attached to an aromatic ring is 1. The SMILES string of the molecule is CCCCn1c(=O)c2ccc(N)nc2n(-c2ccccc2)c1=O. The molecule has 0 bridgehead atoms. The molecule has 6 nitrogen and oxygen atoms in total. The second-order valence-electron chi connectivity index (χ2n) is 5.37. The molecule has 0 radical (unpaired) electrons. The lowest BCUT2D eigenvalue weighted by Crippen LogP contribution is -2.39. The van der Waals surface area contributed by atoms with E-state index >= 15 is 0 Å². The lowest BCUT2D eigenvalue weighted by molar-refractivity contribution is 0.577. The van der Waals surface area contributed by atoms with Crippen LogP contribution in [-0.2, 0) is 6.54 Å². The van der Waals surface area contributed by atoms with Gasteiger partial charge in [-0.3, -0.25) is 9.36 Å². The third kappa shape index (κ3) is 2.63. The van der Waals surface area contributed by atoms with E-state index in [-0.39, 0.29) is 17.1 Å². The molecule has 2 N–H and O–H groups in total. The molecule has 23 heavy (non-hydrogen) atoms. The lowest BCUT2D eigenvalue weighted by Gasteiger charge is -2.13. The Balaban J connectivity index is 2.43. The van der Waals surface area contributed by atoms with E-state index in [0.29, 0.717) is 23.3 Å². The minimum Gasteiger partial charge on any atom is -0.384 e. The van der Waals surface area contributed by atoms with Gasteiger partial charge in [-0.05, 0) is 30.7 Å². The van der Waals surface area contributed by atoms with E-state index < -0.39 is 0 Å². The van der Waals surface area contributed by atoms with Crippen molar-refractivity contribution in [3.05, 3.63) is 63.3 Å². The molecule has 0 fully saturated rings. The van der Waals surface area contributed by atoms with Crippen molar-refractivity contribution in [2.75, 3.05) is 5.73 Å². The second-order valence-corrected chi connectivity index (χ2v) is 5.37. The van der Waals surface area contributed by atoms with Gasteiger partial charge in [0.25, 0.3) is 5.56 Å². The van der Waals surface area contributed by atoms with Crippen LogP contribution in [0.5, 0.6) is 0 Å². The number of hydrogen-bond donors (Lipinski definition) is 1. The molecular formula is C17H18N4O2. The van der Waals surface area contributed by atoms with Gasteiger partial charge in [0.2, 0.25) is 0 Å². The average Bonchev–Trinajstić information content (AvgIpc) is 2.55. The molecule has 0 atom stereocenters. The summed E-state index contributed by atoms with van der Waals surface area (Å²) >= 11 is 0. The van der Waals surface area contributed by atoms with E-state index in [1.165, 1.54) is 9.13 Å². The van der Waals surface area contributed by atoms with Crippen molar-refractivity contribution in [1.29, 1.82) is 0 Å². The number of aromatic nitrogens is 3. The number of nitrogens with zero attached hydrogens (tertiary/aromatic N) is 3. The standard InChI is InChI=1S/C17H18N4O2/c1-2-3-11-20-16(22)13-9-10-14(18)19-15(13)21(17(20)23)12-7-5-4-6-8-12/h4-10H,2-3,11H2,1H3,(H2,18,19). The van der Waals surface area contributed by atoms with Gasteiger partial charge in [-0.2, -0.15) is 0 Å². The van der Waals surface area contributed by atoms with Gasteiger partial charge < -0.3 is 5.73 Å². The Kier molecular flexibility index (Phi) is 3.97. The predicted molar refractivity (Wildman–Crippen MR) is 90.9 cm³/mol.